The van der Waals surface area contributed by atoms with E-state index in [1.807, 2.05) is 41.0 Å². The van der Waals surface area contributed by atoms with Crippen molar-refractivity contribution < 1.29 is 9.59 Å². The average Bonchev–Trinajstić information content (AvgIpc) is 3.31. The van der Waals surface area contributed by atoms with Gasteiger partial charge < -0.3 is 9.80 Å². The number of carbonyl (C=O) groups is 2. The molecule has 2 fully saturated rings. The first kappa shape index (κ1) is 13.2. The number of aryl methyl sites for hydroxylation is 1. The number of amides is 2. The SMILES string of the molecule is Cc1ccccc1C(=O)N1CCN(C(=O)C2CC2)CC1. The average molecular weight is 272 g/mol. The van der Waals surface area contributed by atoms with Crippen LogP contribution < -0.4 is 0 Å². The molecular formula is C16H20N2O2. The molecule has 1 aliphatic heterocycles. The Bertz CT molecular complexity index is 529. The van der Waals surface area contributed by atoms with Crippen LogP contribution in [0.5, 0.6) is 0 Å². The van der Waals surface area contributed by atoms with E-state index < -0.39 is 0 Å². The normalized spacial score (nSPS) is 19.1. The topological polar surface area (TPSA) is 40.6 Å². The molecule has 1 aromatic rings. The van der Waals surface area contributed by atoms with E-state index in [9.17, 15) is 9.59 Å². The van der Waals surface area contributed by atoms with Crippen molar-refractivity contribution in [3.05, 3.63) is 35.4 Å². The molecule has 4 nitrogen and oxygen atoms in total. The lowest BCUT2D eigenvalue weighted by molar-refractivity contribution is -0.134. The van der Waals surface area contributed by atoms with Crippen LogP contribution in [0.1, 0.15) is 28.8 Å². The van der Waals surface area contributed by atoms with E-state index in [4.69, 9.17) is 0 Å². The van der Waals surface area contributed by atoms with Crippen molar-refractivity contribution in [2.45, 2.75) is 19.8 Å². The maximum absolute atomic E-state index is 12.5. The van der Waals surface area contributed by atoms with Crippen LogP contribution in [0.25, 0.3) is 0 Å². The summed E-state index contributed by atoms with van der Waals surface area (Å²) in [4.78, 5) is 28.2. The van der Waals surface area contributed by atoms with Crippen molar-refractivity contribution >= 4 is 11.8 Å². The molecule has 0 unspecified atom stereocenters. The summed E-state index contributed by atoms with van der Waals surface area (Å²) in [6, 6.07) is 7.67. The first-order valence-corrected chi connectivity index (χ1v) is 7.30. The molecule has 4 heteroatoms. The predicted molar refractivity (Wildman–Crippen MR) is 76.4 cm³/mol. The lowest BCUT2D eigenvalue weighted by Gasteiger charge is -2.35. The highest BCUT2D eigenvalue weighted by molar-refractivity contribution is 5.95. The fourth-order valence-corrected chi connectivity index (χ4v) is 2.70. The highest BCUT2D eigenvalue weighted by atomic mass is 16.2. The molecule has 1 heterocycles. The van der Waals surface area contributed by atoms with Gasteiger partial charge in [0, 0.05) is 37.7 Å². The monoisotopic (exact) mass is 272 g/mol. The van der Waals surface area contributed by atoms with Gasteiger partial charge in [0.1, 0.15) is 0 Å². The Morgan fingerprint density at radius 1 is 1.00 bits per heavy atom. The van der Waals surface area contributed by atoms with Crippen molar-refractivity contribution in [2.24, 2.45) is 5.92 Å². The molecule has 20 heavy (non-hydrogen) atoms. The number of rotatable bonds is 2. The molecule has 0 spiro atoms. The minimum atomic E-state index is 0.0848. The second kappa shape index (κ2) is 5.27. The van der Waals surface area contributed by atoms with Crippen LogP contribution in [0.2, 0.25) is 0 Å². The highest BCUT2D eigenvalue weighted by Gasteiger charge is 2.35. The number of benzene rings is 1. The van der Waals surface area contributed by atoms with Crippen LogP contribution in [-0.4, -0.2) is 47.8 Å². The molecule has 1 aliphatic carbocycles. The van der Waals surface area contributed by atoms with E-state index in [1.165, 1.54) is 0 Å². The van der Waals surface area contributed by atoms with E-state index in [-0.39, 0.29) is 17.7 Å². The molecule has 1 saturated heterocycles. The minimum Gasteiger partial charge on any atom is -0.339 e. The van der Waals surface area contributed by atoms with Crippen molar-refractivity contribution in [3.63, 3.8) is 0 Å². The van der Waals surface area contributed by atoms with Crippen LogP contribution in [0.3, 0.4) is 0 Å². The molecule has 2 aliphatic rings. The van der Waals surface area contributed by atoms with Crippen molar-refractivity contribution in [3.8, 4) is 0 Å². The molecule has 1 aromatic carbocycles. The highest BCUT2D eigenvalue weighted by Crippen LogP contribution is 2.31. The Morgan fingerprint density at radius 3 is 2.20 bits per heavy atom. The third-order valence-electron chi connectivity index (χ3n) is 4.18. The maximum atomic E-state index is 12.5. The summed E-state index contributed by atoms with van der Waals surface area (Å²) in [6.07, 6.45) is 2.09. The summed E-state index contributed by atoms with van der Waals surface area (Å²) < 4.78 is 0. The molecule has 106 valence electrons. The van der Waals surface area contributed by atoms with Gasteiger partial charge in [0.05, 0.1) is 0 Å². The van der Waals surface area contributed by atoms with Crippen molar-refractivity contribution in [1.82, 2.24) is 9.80 Å². The molecular weight excluding hydrogens is 252 g/mol. The van der Waals surface area contributed by atoms with E-state index in [0.717, 1.165) is 24.0 Å². The van der Waals surface area contributed by atoms with Gasteiger partial charge in [-0.15, -0.1) is 0 Å². The molecule has 3 rings (SSSR count). The first-order valence-electron chi connectivity index (χ1n) is 7.30. The zero-order valence-corrected chi connectivity index (χ0v) is 11.8. The van der Waals surface area contributed by atoms with Crippen LogP contribution in [-0.2, 0) is 4.79 Å². The molecule has 2 amide bonds. The van der Waals surface area contributed by atoms with Crippen LogP contribution in [0, 0.1) is 12.8 Å². The van der Waals surface area contributed by atoms with Crippen molar-refractivity contribution in [1.29, 1.82) is 0 Å². The standard InChI is InChI=1S/C16H20N2O2/c1-12-4-2-3-5-14(12)16(20)18-10-8-17(9-11-18)15(19)13-6-7-13/h2-5,13H,6-11H2,1H3. The van der Waals surface area contributed by atoms with E-state index in [2.05, 4.69) is 0 Å². The maximum Gasteiger partial charge on any atom is 0.254 e. The third kappa shape index (κ3) is 2.55. The minimum absolute atomic E-state index is 0.0848. The molecule has 0 N–H and O–H groups in total. The van der Waals surface area contributed by atoms with Gasteiger partial charge in [-0.05, 0) is 31.4 Å². The zero-order chi connectivity index (χ0) is 14.1. The Labute approximate surface area is 119 Å². The first-order chi connectivity index (χ1) is 9.66. The second-order valence-electron chi connectivity index (χ2n) is 5.71. The van der Waals surface area contributed by atoms with Crippen molar-refractivity contribution in [2.75, 3.05) is 26.2 Å². The van der Waals surface area contributed by atoms with Crippen LogP contribution >= 0.6 is 0 Å². The van der Waals surface area contributed by atoms with Crippen LogP contribution in [0.15, 0.2) is 24.3 Å². The lowest BCUT2D eigenvalue weighted by Crippen LogP contribution is -2.51. The fourth-order valence-electron chi connectivity index (χ4n) is 2.70. The Hall–Kier alpha value is -1.84. The molecule has 0 aromatic heterocycles. The van der Waals surface area contributed by atoms with Crippen LogP contribution in [0.4, 0.5) is 0 Å². The molecule has 0 radical (unpaired) electrons. The number of hydrogen-bond donors (Lipinski definition) is 0. The van der Waals surface area contributed by atoms with Gasteiger partial charge >= 0.3 is 0 Å². The van der Waals surface area contributed by atoms with Gasteiger partial charge in [0.25, 0.3) is 5.91 Å². The summed E-state index contributed by atoms with van der Waals surface area (Å²) in [5.74, 6) is 0.642. The van der Waals surface area contributed by atoms with Gasteiger partial charge in [0.15, 0.2) is 0 Å². The van der Waals surface area contributed by atoms with E-state index in [1.54, 1.807) is 0 Å². The van der Waals surface area contributed by atoms with E-state index in [0.29, 0.717) is 26.2 Å². The van der Waals surface area contributed by atoms with E-state index >= 15 is 0 Å². The fraction of sp³-hybridized carbons (Fsp3) is 0.500. The lowest BCUT2D eigenvalue weighted by atomic mass is 10.1. The largest absolute Gasteiger partial charge is 0.339 e. The number of piperazine rings is 1. The Morgan fingerprint density at radius 2 is 1.60 bits per heavy atom. The number of hydrogen-bond acceptors (Lipinski definition) is 2. The number of carbonyl (C=O) groups excluding carboxylic acids is 2. The second-order valence-corrected chi connectivity index (χ2v) is 5.71. The smallest absolute Gasteiger partial charge is 0.254 e. The number of nitrogens with zero attached hydrogens (tertiary/aromatic N) is 2. The van der Waals surface area contributed by atoms with Gasteiger partial charge in [0.2, 0.25) is 5.91 Å². The van der Waals surface area contributed by atoms with Gasteiger partial charge in [-0.3, -0.25) is 9.59 Å². The quantitative estimate of drug-likeness (QED) is 0.822. The Kier molecular flexibility index (Phi) is 3.47. The summed E-state index contributed by atoms with van der Waals surface area (Å²) >= 11 is 0. The zero-order valence-electron chi connectivity index (χ0n) is 11.8. The summed E-state index contributed by atoms with van der Waals surface area (Å²) in [7, 11) is 0. The predicted octanol–water partition coefficient (Wildman–Crippen LogP) is 1.69. The summed E-state index contributed by atoms with van der Waals surface area (Å²) in [6.45, 7) is 4.59. The third-order valence-corrected chi connectivity index (χ3v) is 4.18. The summed E-state index contributed by atoms with van der Waals surface area (Å²) in [5, 5.41) is 0. The van der Waals surface area contributed by atoms with Gasteiger partial charge in [-0.2, -0.15) is 0 Å². The molecule has 1 saturated carbocycles. The van der Waals surface area contributed by atoms with Gasteiger partial charge in [-0.1, -0.05) is 18.2 Å². The molecule has 0 atom stereocenters. The van der Waals surface area contributed by atoms with Gasteiger partial charge in [-0.25, -0.2) is 0 Å². The Balaban J connectivity index is 1.61. The summed E-state index contributed by atoms with van der Waals surface area (Å²) in [5.41, 5.74) is 1.78. The molecule has 0 bridgehead atoms.